The van der Waals surface area contributed by atoms with Gasteiger partial charge in [-0.05, 0) is 53.6 Å². The van der Waals surface area contributed by atoms with Crippen LogP contribution in [0.25, 0.3) is 11.1 Å². The van der Waals surface area contributed by atoms with Crippen molar-refractivity contribution in [2.24, 2.45) is 5.16 Å². The minimum Gasteiger partial charge on any atom is -0.490 e. The first kappa shape index (κ1) is 23.8. The van der Waals surface area contributed by atoms with Gasteiger partial charge in [0.1, 0.15) is 12.4 Å². The van der Waals surface area contributed by atoms with E-state index in [0.717, 1.165) is 40.8 Å². The number of nitrogens with zero attached hydrogens (tertiary/aromatic N) is 1. The summed E-state index contributed by atoms with van der Waals surface area (Å²) in [7, 11) is 0. The zero-order chi connectivity index (χ0) is 23.5. The molecule has 1 N–H and O–H groups in total. The van der Waals surface area contributed by atoms with E-state index >= 15 is 0 Å². The van der Waals surface area contributed by atoms with Crippen LogP contribution in [0.2, 0.25) is 0 Å². The van der Waals surface area contributed by atoms with E-state index in [1.54, 1.807) is 12.1 Å². The molecule has 3 aromatic rings. The number of aliphatic carboxylic acids is 1. The number of allylic oxidation sites excluding steroid dienone is 1. The summed E-state index contributed by atoms with van der Waals surface area (Å²) in [4.78, 5) is 16.5. The molecular formula is C28H29NO4. The van der Waals surface area contributed by atoms with Crippen molar-refractivity contribution in [1.29, 1.82) is 0 Å². The van der Waals surface area contributed by atoms with E-state index < -0.39 is 5.97 Å². The number of hydrogen-bond donors (Lipinski definition) is 1. The van der Waals surface area contributed by atoms with E-state index in [1.807, 2.05) is 37.3 Å². The molecule has 0 aliphatic heterocycles. The summed E-state index contributed by atoms with van der Waals surface area (Å²) in [5.41, 5.74) is 5.75. The molecule has 0 amide bonds. The molecule has 0 atom stereocenters. The molecule has 0 aliphatic rings. The van der Waals surface area contributed by atoms with Crippen molar-refractivity contribution >= 4 is 11.7 Å². The maximum absolute atomic E-state index is 11.0. The SMILES string of the molecule is C=CCCC(=NOCCOc1cccc(CC(=O)O)c1C)c1ccc(-c2ccccc2)cc1. The number of ether oxygens (including phenoxy) is 1. The maximum atomic E-state index is 11.0. The van der Waals surface area contributed by atoms with Crippen LogP contribution < -0.4 is 4.74 Å². The molecule has 170 valence electrons. The third-order valence-corrected chi connectivity index (χ3v) is 5.26. The molecule has 0 heterocycles. The van der Waals surface area contributed by atoms with Crippen LogP contribution in [0, 0.1) is 6.92 Å². The largest absolute Gasteiger partial charge is 0.490 e. The van der Waals surface area contributed by atoms with E-state index in [4.69, 9.17) is 14.7 Å². The molecule has 0 aliphatic carbocycles. The summed E-state index contributed by atoms with van der Waals surface area (Å²) in [5, 5.41) is 13.4. The first-order valence-corrected chi connectivity index (χ1v) is 11.0. The number of carboxylic acid groups (broad SMARTS) is 1. The monoisotopic (exact) mass is 443 g/mol. The zero-order valence-corrected chi connectivity index (χ0v) is 18.9. The lowest BCUT2D eigenvalue weighted by atomic mass is 10.0. The van der Waals surface area contributed by atoms with E-state index in [0.29, 0.717) is 12.4 Å². The molecule has 5 nitrogen and oxygen atoms in total. The quantitative estimate of drug-likeness (QED) is 0.160. The second-order valence-corrected chi connectivity index (χ2v) is 7.60. The van der Waals surface area contributed by atoms with Crippen LogP contribution >= 0.6 is 0 Å². The fourth-order valence-corrected chi connectivity index (χ4v) is 3.45. The van der Waals surface area contributed by atoms with Gasteiger partial charge in [-0.3, -0.25) is 4.79 Å². The lowest BCUT2D eigenvalue weighted by Gasteiger charge is -2.12. The second-order valence-electron chi connectivity index (χ2n) is 7.60. The van der Waals surface area contributed by atoms with Crippen LogP contribution in [0.3, 0.4) is 0 Å². The van der Waals surface area contributed by atoms with Crippen molar-refractivity contribution < 1.29 is 19.5 Å². The normalized spacial score (nSPS) is 11.1. The summed E-state index contributed by atoms with van der Waals surface area (Å²) >= 11 is 0. The Bertz CT molecular complexity index is 1090. The molecule has 0 bridgehead atoms. The Labute approximate surface area is 195 Å². The van der Waals surface area contributed by atoms with Crippen LogP contribution in [0.15, 0.2) is 90.6 Å². The van der Waals surface area contributed by atoms with Gasteiger partial charge in [0.25, 0.3) is 0 Å². The van der Waals surface area contributed by atoms with Gasteiger partial charge in [-0.1, -0.05) is 78.0 Å². The molecule has 0 fully saturated rings. The van der Waals surface area contributed by atoms with Crippen molar-refractivity contribution in [3.05, 3.63) is 102 Å². The summed E-state index contributed by atoms with van der Waals surface area (Å²) in [6.45, 7) is 6.25. The minimum atomic E-state index is -0.864. The Kier molecular flexibility index (Phi) is 8.83. The van der Waals surface area contributed by atoms with Gasteiger partial charge in [0.2, 0.25) is 0 Å². The van der Waals surface area contributed by atoms with Crippen molar-refractivity contribution in [1.82, 2.24) is 0 Å². The average molecular weight is 444 g/mol. The Balaban J connectivity index is 1.60. The van der Waals surface area contributed by atoms with Crippen molar-refractivity contribution in [2.45, 2.75) is 26.2 Å². The molecule has 3 aromatic carbocycles. The van der Waals surface area contributed by atoms with Crippen LogP contribution in [-0.4, -0.2) is 30.0 Å². The van der Waals surface area contributed by atoms with Gasteiger partial charge in [0.15, 0.2) is 6.61 Å². The standard InChI is InChI=1S/C28H29NO4/c1-3-4-12-26(24-16-14-23(15-17-24)22-9-6-5-7-10-22)29-33-19-18-32-27-13-8-11-25(21(27)2)20-28(30)31/h3,5-11,13-17H,1,4,12,18-20H2,2H3,(H,30,31). The smallest absolute Gasteiger partial charge is 0.307 e. The molecule has 0 unspecified atom stereocenters. The first-order chi connectivity index (χ1) is 16.1. The van der Waals surface area contributed by atoms with Gasteiger partial charge in [-0.2, -0.15) is 0 Å². The summed E-state index contributed by atoms with van der Waals surface area (Å²) in [6.07, 6.45) is 3.36. The van der Waals surface area contributed by atoms with Crippen LogP contribution in [-0.2, 0) is 16.1 Å². The Morgan fingerprint density at radius 3 is 2.39 bits per heavy atom. The van der Waals surface area contributed by atoms with E-state index in [2.05, 4.69) is 48.1 Å². The fourth-order valence-electron chi connectivity index (χ4n) is 3.45. The third kappa shape index (κ3) is 7.07. The highest BCUT2D eigenvalue weighted by Gasteiger charge is 2.09. The highest BCUT2D eigenvalue weighted by molar-refractivity contribution is 6.00. The molecule has 33 heavy (non-hydrogen) atoms. The molecule has 0 spiro atoms. The topological polar surface area (TPSA) is 68.1 Å². The number of carbonyl (C=O) groups is 1. The molecular weight excluding hydrogens is 414 g/mol. The summed E-state index contributed by atoms with van der Waals surface area (Å²) in [5.74, 6) is -0.207. The Hall–Kier alpha value is -3.86. The van der Waals surface area contributed by atoms with Crippen LogP contribution in [0.4, 0.5) is 0 Å². The van der Waals surface area contributed by atoms with Gasteiger partial charge in [0, 0.05) is 0 Å². The molecule has 0 aromatic heterocycles. The van der Waals surface area contributed by atoms with Gasteiger partial charge < -0.3 is 14.7 Å². The number of oxime groups is 1. The molecule has 0 saturated heterocycles. The van der Waals surface area contributed by atoms with Crippen molar-refractivity contribution in [2.75, 3.05) is 13.2 Å². The van der Waals surface area contributed by atoms with Crippen molar-refractivity contribution in [3.63, 3.8) is 0 Å². The number of carboxylic acids is 1. The lowest BCUT2D eigenvalue weighted by molar-refractivity contribution is -0.136. The van der Waals surface area contributed by atoms with E-state index in [9.17, 15) is 4.79 Å². The Morgan fingerprint density at radius 1 is 0.970 bits per heavy atom. The highest BCUT2D eigenvalue weighted by Crippen LogP contribution is 2.22. The van der Waals surface area contributed by atoms with E-state index in [1.165, 1.54) is 5.56 Å². The summed E-state index contributed by atoms with van der Waals surface area (Å²) < 4.78 is 5.79. The van der Waals surface area contributed by atoms with Gasteiger partial charge in [0.05, 0.1) is 12.1 Å². The predicted octanol–water partition coefficient (Wildman–Crippen LogP) is 6.06. The Morgan fingerprint density at radius 2 is 1.70 bits per heavy atom. The van der Waals surface area contributed by atoms with Gasteiger partial charge in [-0.25, -0.2) is 0 Å². The average Bonchev–Trinajstić information content (AvgIpc) is 2.83. The lowest BCUT2D eigenvalue weighted by Crippen LogP contribution is -2.09. The predicted molar refractivity (Wildman–Crippen MR) is 132 cm³/mol. The second kappa shape index (κ2) is 12.2. The van der Waals surface area contributed by atoms with Gasteiger partial charge in [-0.15, -0.1) is 6.58 Å². The molecule has 5 heteroatoms. The van der Waals surface area contributed by atoms with Crippen LogP contribution in [0.5, 0.6) is 5.75 Å². The highest BCUT2D eigenvalue weighted by atomic mass is 16.6. The van der Waals surface area contributed by atoms with Crippen molar-refractivity contribution in [3.8, 4) is 16.9 Å². The number of rotatable bonds is 12. The minimum absolute atomic E-state index is 0.0282. The zero-order valence-electron chi connectivity index (χ0n) is 18.9. The molecule has 0 radical (unpaired) electrons. The third-order valence-electron chi connectivity index (χ3n) is 5.26. The number of benzene rings is 3. The first-order valence-electron chi connectivity index (χ1n) is 11.0. The molecule has 3 rings (SSSR count). The molecule has 0 saturated carbocycles. The fraction of sp³-hybridized carbons (Fsp3) is 0.214. The summed E-state index contributed by atoms with van der Waals surface area (Å²) in [6, 6.07) is 23.9. The van der Waals surface area contributed by atoms with E-state index in [-0.39, 0.29) is 13.0 Å². The van der Waals surface area contributed by atoms with Gasteiger partial charge >= 0.3 is 5.97 Å². The number of hydrogen-bond acceptors (Lipinski definition) is 4. The van der Waals surface area contributed by atoms with Crippen LogP contribution in [0.1, 0.15) is 29.5 Å². The maximum Gasteiger partial charge on any atom is 0.307 e.